The SMILES string of the molecule is C[C@H]1C[C@@]2(O[C@@H](C(C)(C)C)OC2=O)[C@@H](/C=C/CCCCCO[Si](C)(C)C(C)(C)C)C=C1CO[Si](c1ccccc1)(c1ccccc1)C(C)(C)C. The highest BCUT2D eigenvalue weighted by Gasteiger charge is 2.59. The Hall–Kier alpha value is -2.30. The van der Waals surface area contributed by atoms with Crippen molar-refractivity contribution in [2.75, 3.05) is 13.2 Å². The molecule has 0 amide bonds. The highest BCUT2D eigenvalue weighted by atomic mass is 28.4. The van der Waals surface area contributed by atoms with Gasteiger partial charge in [0.2, 0.25) is 6.29 Å². The van der Waals surface area contributed by atoms with Gasteiger partial charge in [-0.25, -0.2) is 4.79 Å². The second kappa shape index (κ2) is 15.7. The normalized spacial score (nSPS) is 23.8. The van der Waals surface area contributed by atoms with E-state index in [0.29, 0.717) is 13.0 Å². The van der Waals surface area contributed by atoms with Gasteiger partial charge >= 0.3 is 5.97 Å². The largest absolute Gasteiger partial charge is 0.433 e. The third kappa shape index (κ3) is 8.83. The molecule has 2 aromatic carbocycles. The molecule has 4 atom stereocenters. The van der Waals surface area contributed by atoms with Gasteiger partial charge in [-0.15, -0.1) is 0 Å². The van der Waals surface area contributed by atoms with Crippen molar-refractivity contribution in [3.63, 3.8) is 0 Å². The Morgan fingerprint density at radius 2 is 1.40 bits per heavy atom. The lowest BCUT2D eigenvalue weighted by atomic mass is 9.72. The summed E-state index contributed by atoms with van der Waals surface area (Å²) in [6, 6.07) is 21.6. The molecule has 0 N–H and O–H groups in total. The summed E-state index contributed by atoms with van der Waals surface area (Å²) in [4.78, 5) is 13.8. The lowest BCUT2D eigenvalue weighted by molar-refractivity contribution is -0.158. The summed E-state index contributed by atoms with van der Waals surface area (Å²) in [7, 11) is -4.45. The van der Waals surface area contributed by atoms with Crippen molar-refractivity contribution in [2.24, 2.45) is 17.3 Å². The number of unbranched alkanes of at least 4 members (excludes halogenated alkanes) is 3. The van der Waals surface area contributed by atoms with Gasteiger partial charge in [-0.1, -0.05) is 155 Å². The van der Waals surface area contributed by atoms with Gasteiger partial charge in [-0.05, 0) is 70.7 Å². The fourth-order valence-corrected chi connectivity index (χ4v) is 12.7. The van der Waals surface area contributed by atoms with Crippen molar-refractivity contribution in [3.05, 3.63) is 84.5 Å². The summed E-state index contributed by atoms with van der Waals surface area (Å²) in [5, 5.41) is 2.64. The van der Waals surface area contributed by atoms with Crippen LogP contribution in [0.2, 0.25) is 23.2 Å². The van der Waals surface area contributed by atoms with E-state index in [1.54, 1.807) is 0 Å². The Morgan fingerprint density at radius 1 is 0.820 bits per heavy atom. The Kier molecular flexibility index (Phi) is 12.7. The number of esters is 1. The molecule has 0 radical (unpaired) electrons. The molecule has 2 aliphatic rings. The summed E-state index contributed by atoms with van der Waals surface area (Å²) in [5.74, 6) is -0.395. The monoisotopic (exact) mass is 718 g/mol. The standard InChI is InChI=1S/C43H66O5Si2/c1-33-31-43(38(44)47-39(48-43)40(2,3)4)35(24-18-14-13-15-23-29-45-49(11,12)41(5,6)7)30-34(33)32-46-50(42(8,9)10,36-25-19-16-20-26-36)37-27-21-17-22-28-37/h16-22,24-28,30,33,35,39H,13-15,23,29,31-32H2,1-12H3/b24-18+/t33-,35-,39-,43+/m0/s1. The summed E-state index contributed by atoms with van der Waals surface area (Å²) >= 11 is 0. The summed E-state index contributed by atoms with van der Waals surface area (Å²) in [6.07, 6.45) is 10.9. The molecule has 0 saturated carbocycles. The molecule has 1 spiro atoms. The van der Waals surface area contributed by atoms with E-state index in [9.17, 15) is 4.79 Å². The first-order valence-corrected chi connectivity index (χ1v) is 23.7. The average Bonchev–Trinajstić information content (AvgIpc) is 3.36. The number of allylic oxidation sites excluding steroid dienone is 1. The molecule has 0 bridgehead atoms. The van der Waals surface area contributed by atoms with E-state index in [4.69, 9.17) is 18.3 Å². The minimum atomic E-state index is -2.73. The van der Waals surface area contributed by atoms with Crippen LogP contribution >= 0.6 is 0 Å². The van der Waals surface area contributed by atoms with E-state index in [1.165, 1.54) is 15.9 Å². The highest BCUT2D eigenvalue weighted by Crippen LogP contribution is 2.48. The zero-order valence-corrected chi connectivity index (χ0v) is 35.2. The summed E-state index contributed by atoms with van der Waals surface area (Å²) in [6.45, 7) is 28.2. The van der Waals surface area contributed by atoms with Crippen LogP contribution in [0.4, 0.5) is 0 Å². The molecule has 276 valence electrons. The Labute approximate surface area is 306 Å². The molecule has 5 nitrogen and oxygen atoms in total. The van der Waals surface area contributed by atoms with Crippen molar-refractivity contribution in [1.29, 1.82) is 0 Å². The molecule has 0 aromatic heterocycles. The van der Waals surface area contributed by atoms with Crippen molar-refractivity contribution < 1.29 is 23.1 Å². The average molecular weight is 719 g/mol. The van der Waals surface area contributed by atoms with Crippen molar-refractivity contribution in [2.45, 2.75) is 136 Å². The van der Waals surface area contributed by atoms with Gasteiger partial charge in [-0.2, -0.15) is 0 Å². The topological polar surface area (TPSA) is 54.0 Å². The van der Waals surface area contributed by atoms with Gasteiger partial charge in [0.25, 0.3) is 8.32 Å². The van der Waals surface area contributed by atoms with E-state index in [-0.39, 0.29) is 33.3 Å². The van der Waals surface area contributed by atoms with Crippen LogP contribution in [0.5, 0.6) is 0 Å². The van der Waals surface area contributed by atoms with Crippen molar-refractivity contribution >= 4 is 33.0 Å². The summed E-state index contributed by atoms with van der Waals surface area (Å²) in [5.41, 5.74) is -0.137. The molecule has 1 aliphatic heterocycles. The van der Waals surface area contributed by atoms with Gasteiger partial charge in [0.15, 0.2) is 13.9 Å². The fourth-order valence-electron chi connectivity index (χ4n) is 7.09. The molecule has 4 rings (SSSR count). The maximum Gasteiger partial charge on any atom is 0.341 e. The van der Waals surface area contributed by atoms with Gasteiger partial charge < -0.3 is 18.3 Å². The predicted molar refractivity (Wildman–Crippen MR) is 213 cm³/mol. The molecule has 0 unspecified atom stereocenters. The van der Waals surface area contributed by atoms with Gasteiger partial charge in [0.1, 0.15) is 0 Å². The number of carbonyl (C=O) groups is 1. The third-order valence-corrected chi connectivity index (χ3v) is 20.8. The maximum absolute atomic E-state index is 13.8. The van der Waals surface area contributed by atoms with Crippen LogP contribution in [0.1, 0.15) is 101 Å². The Bertz CT molecular complexity index is 1420. The molecular weight excluding hydrogens is 653 g/mol. The maximum atomic E-state index is 13.8. The molecule has 50 heavy (non-hydrogen) atoms. The van der Waals surface area contributed by atoms with E-state index in [1.807, 2.05) is 0 Å². The first-order chi connectivity index (χ1) is 23.2. The van der Waals surface area contributed by atoms with Crippen LogP contribution in [0, 0.1) is 17.3 Å². The highest BCUT2D eigenvalue weighted by molar-refractivity contribution is 6.99. The van der Waals surface area contributed by atoms with Crippen LogP contribution in [0.15, 0.2) is 84.5 Å². The molecule has 7 heteroatoms. The minimum Gasteiger partial charge on any atom is -0.433 e. The van der Waals surface area contributed by atoms with E-state index in [2.05, 4.69) is 161 Å². The van der Waals surface area contributed by atoms with E-state index >= 15 is 0 Å². The summed E-state index contributed by atoms with van der Waals surface area (Å²) < 4.78 is 26.4. The molecular formula is C43H66O5Si2. The Balaban J connectivity index is 1.58. The van der Waals surface area contributed by atoms with Crippen LogP contribution in [0.3, 0.4) is 0 Å². The molecule has 1 aliphatic carbocycles. The van der Waals surface area contributed by atoms with Gasteiger partial charge in [0.05, 0.1) is 6.61 Å². The van der Waals surface area contributed by atoms with Gasteiger partial charge in [-0.3, -0.25) is 0 Å². The number of carbonyl (C=O) groups excluding carboxylic acids is 1. The van der Waals surface area contributed by atoms with Crippen LogP contribution < -0.4 is 10.4 Å². The fraction of sp³-hybridized carbons (Fsp3) is 0.605. The smallest absolute Gasteiger partial charge is 0.341 e. The quantitative estimate of drug-likeness (QED) is 0.0894. The number of cyclic esters (lactones) is 1. The first-order valence-electron chi connectivity index (χ1n) is 18.9. The minimum absolute atomic E-state index is 0.0880. The van der Waals surface area contributed by atoms with Crippen LogP contribution in [-0.4, -0.2) is 47.7 Å². The zero-order valence-electron chi connectivity index (χ0n) is 33.2. The zero-order chi connectivity index (χ0) is 37.0. The molecule has 1 saturated heterocycles. The number of hydrogen-bond donors (Lipinski definition) is 0. The van der Waals surface area contributed by atoms with Crippen LogP contribution in [-0.2, 0) is 23.1 Å². The van der Waals surface area contributed by atoms with E-state index < -0.39 is 28.5 Å². The van der Waals surface area contributed by atoms with Crippen molar-refractivity contribution in [1.82, 2.24) is 0 Å². The van der Waals surface area contributed by atoms with Gasteiger partial charge in [0, 0.05) is 17.9 Å². The van der Waals surface area contributed by atoms with Crippen molar-refractivity contribution in [3.8, 4) is 0 Å². The second-order valence-electron chi connectivity index (χ2n) is 18.3. The number of ether oxygens (including phenoxy) is 2. The molecule has 2 aromatic rings. The molecule has 1 heterocycles. The number of rotatable bonds is 13. The lowest BCUT2D eigenvalue weighted by Crippen LogP contribution is -2.66. The number of benzene rings is 2. The third-order valence-electron chi connectivity index (χ3n) is 11.3. The molecule has 1 fully saturated rings. The first kappa shape index (κ1) is 40.5. The van der Waals surface area contributed by atoms with Crippen LogP contribution in [0.25, 0.3) is 0 Å². The second-order valence-corrected chi connectivity index (χ2v) is 27.4. The van der Waals surface area contributed by atoms with E-state index in [0.717, 1.165) is 32.3 Å². The predicted octanol–water partition coefficient (Wildman–Crippen LogP) is 9.97. The number of hydrogen-bond acceptors (Lipinski definition) is 5. The lowest BCUT2D eigenvalue weighted by Gasteiger charge is -2.44. The Morgan fingerprint density at radius 3 is 1.90 bits per heavy atom.